The van der Waals surface area contributed by atoms with Gasteiger partial charge in [-0.25, -0.2) is 13.5 Å². The van der Waals surface area contributed by atoms with Crippen molar-refractivity contribution in [3.63, 3.8) is 0 Å². The normalized spacial score (nSPS) is 22.6. The Labute approximate surface area is 206 Å². The predicted octanol–water partition coefficient (Wildman–Crippen LogP) is -0.00550. The van der Waals surface area contributed by atoms with Gasteiger partial charge >= 0.3 is 0 Å². The van der Waals surface area contributed by atoms with E-state index in [1.807, 2.05) is 11.9 Å². The van der Waals surface area contributed by atoms with Gasteiger partial charge in [0.1, 0.15) is 29.3 Å². The Morgan fingerprint density at radius 3 is 2.75 bits per heavy atom. The number of halogens is 2. The minimum Gasteiger partial charge on any atom is -0.381 e. The Balaban J connectivity index is 1.30. The minimum absolute atomic E-state index is 0.00921. The van der Waals surface area contributed by atoms with E-state index < -0.39 is 17.9 Å². The van der Waals surface area contributed by atoms with Crippen molar-refractivity contribution < 1.29 is 23.1 Å². The van der Waals surface area contributed by atoms with Crippen LogP contribution in [0.1, 0.15) is 10.4 Å². The zero-order valence-corrected chi connectivity index (χ0v) is 19.9. The van der Waals surface area contributed by atoms with Gasteiger partial charge in [-0.05, 0) is 7.05 Å². The molecule has 2 aromatic rings. The Bertz CT molecular complexity index is 1150. The van der Waals surface area contributed by atoms with Gasteiger partial charge in [0.15, 0.2) is 11.6 Å². The predicted molar refractivity (Wildman–Crippen MR) is 128 cm³/mol. The van der Waals surface area contributed by atoms with Crippen molar-refractivity contribution in [3.05, 3.63) is 23.8 Å². The first kappa shape index (κ1) is 24.2. The zero-order valence-electron chi connectivity index (χ0n) is 19.9. The quantitative estimate of drug-likeness (QED) is 0.525. The third-order valence-electron chi connectivity index (χ3n) is 6.78. The molecule has 194 valence electrons. The number of hydrogen-bond donors (Lipinski definition) is 3. The van der Waals surface area contributed by atoms with Crippen LogP contribution in [0.2, 0.25) is 0 Å². The zero-order chi connectivity index (χ0) is 25.4. The first-order valence-corrected chi connectivity index (χ1v) is 11.8. The fourth-order valence-corrected chi connectivity index (χ4v) is 4.81. The molecule has 2 amide bonds. The number of aromatic nitrogens is 3. The van der Waals surface area contributed by atoms with Crippen molar-refractivity contribution in [1.82, 2.24) is 24.6 Å². The maximum atomic E-state index is 15.0. The summed E-state index contributed by atoms with van der Waals surface area (Å²) in [6, 6.07) is -0.327. The van der Waals surface area contributed by atoms with E-state index in [9.17, 15) is 18.4 Å². The number of carbonyl (C=O) groups is 2. The van der Waals surface area contributed by atoms with E-state index in [1.54, 1.807) is 9.80 Å². The molecule has 2 aromatic heterocycles. The van der Waals surface area contributed by atoms with E-state index in [4.69, 9.17) is 10.5 Å². The number of fused-ring (bicyclic) bond motifs is 1. The van der Waals surface area contributed by atoms with Crippen LogP contribution in [0.15, 0.2) is 12.4 Å². The molecule has 5 heterocycles. The second-order valence-corrected chi connectivity index (χ2v) is 9.12. The van der Waals surface area contributed by atoms with Gasteiger partial charge in [0.2, 0.25) is 5.91 Å². The van der Waals surface area contributed by atoms with Crippen molar-refractivity contribution in [2.45, 2.75) is 18.8 Å². The van der Waals surface area contributed by atoms with Crippen LogP contribution in [-0.4, -0.2) is 108 Å². The summed E-state index contributed by atoms with van der Waals surface area (Å²) in [5, 5.41) is 9.57. The molecule has 14 heteroatoms. The molecule has 0 aromatic carbocycles. The SMILES string of the molecule is CN1CCOCC1C(=O)N1CCN(c2c(F)cncc2NC(=O)c2c(N)nn3c2NCC(F)C3)CC1. The van der Waals surface area contributed by atoms with Crippen molar-refractivity contribution in [3.8, 4) is 0 Å². The molecule has 2 atom stereocenters. The Kier molecular flexibility index (Phi) is 6.62. The van der Waals surface area contributed by atoms with E-state index in [0.29, 0.717) is 51.8 Å². The third-order valence-corrected chi connectivity index (χ3v) is 6.78. The molecule has 0 saturated carbocycles. The molecule has 2 saturated heterocycles. The summed E-state index contributed by atoms with van der Waals surface area (Å²) >= 11 is 0. The number of amides is 2. The van der Waals surface area contributed by atoms with E-state index in [-0.39, 0.29) is 47.8 Å². The maximum absolute atomic E-state index is 15.0. The van der Waals surface area contributed by atoms with Gasteiger partial charge in [-0.3, -0.25) is 19.5 Å². The Morgan fingerprint density at radius 1 is 1.22 bits per heavy atom. The summed E-state index contributed by atoms with van der Waals surface area (Å²) in [5.41, 5.74) is 6.35. The fourth-order valence-electron chi connectivity index (χ4n) is 4.81. The molecule has 3 aliphatic rings. The van der Waals surface area contributed by atoms with Crippen LogP contribution < -0.4 is 21.3 Å². The van der Waals surface area contributed by atoms with Crippen LogP contribution >= 0.6 is 0 Å². The number of alkyl halides is 1. The summed E-state index contributed by atoms with van der Waals surface area (Å²) in [6.07, 6.45) is 1.29. The van der Waals surface area contributed by atoms with Crippen LogP contribution in [0.4, 0.5) is 31.8 Å². The van der Waals surface area contributed by atoms with Crippen molar-refractivity contribution in [2.24, 2.45) is 0 Å². The molecule has 0 radical (unpaired) electrons. The lowest BCUT2D eigenvalue weighted by molar-refractivity contribution is -0.142. The molecular weight excluding hydrogens is 476 g/mol. The number of anilines is 4. The number of pyridine rings is 1. The van der Waals surface area contributed by atoms with Crippen LogP contribution in [0.3, 0.4) is 0 Å². The molecule has 4 N–H and O–H groups in total. The Hall–Kier alpha value is -3.52. The number of hydrogen-bond acceptors (Lipinski definition) is 9. The molecule has 5 rings (SSSR count). The number of nitrogens with two attached hydrogens (primary N) is 1. The minimum atomic E-state index is -1.15. The molecule has 2 unspecified atom stereocenters. The summed E-state index contributed by atoms with van der Waals surface area (Å²) < 4.78 is 35.5. The van der Waals surface area contributed by atoms with Gasteiger partial charge < -0.3 is 30.9 Å². The lowest BCUT2D eigenvalue weighted by atomic mass is 10.1. The highest BCUT2D eigenvalue weighted by Crippen LogP contribution is 2.32. The standard InChI is InChI=1S/C22H29F2N9O3/c1-30-6-7-36-12-16(30)22(35)32-4-2-31(3-5-32)18-14(24)9-26-10-15(18)28-21(34)17-19(25)29-33-11-13(23)8-27-20(17)33/h9-10,13,16,27H,2-8,11-12H2,1H3,(H2,25,29)(H,28,34). The maximum Gasteiger partial charge on any atom is 0.263 e. The number of piperazine rings is 1. The van der Waals surface area contributed by atoms with Crippen LogP contribution in [-0.2, 0) is 16.1 Å². The number of nitrogen functional groups attached to an aromatic ring is 1. The first-order chi connectivity index (χ1) is 17.3. The monoisotopic (exact) mass is 505 g/mol. The van der Waals surface area contributed by atoms with Crippen molar-refractivity contribution in [1.29, 1.82) is 0 Å². The van der Waals surface area contributed by atoms with Crippen LogP contribution in [0, 0.1) is 5.82 Å². The van der Waals surface area contributed by atoms with Crippen molar-refractivity contribution >= 4 is 34.8 Å². The largest absolute Gasteiger partial charge is 0.381 e. The average Bonchev–Trinajstić information content (AvgIpc) is 3.19. The first-order valence-electron chi connectivity index (χ1n) is 11.8. The highest BCUT2D eigenvalue weighted by molar-refractivity contribution is 6.12. The number of nitrogens with one attached hydrogen (secondary N) is 2. The summed E-state index contributed by atoms with van der Waals surface area (Å²) in [7, 11) is 1.90. The third kappa shape index (κ3) is 4.53. The highest BCUT2D eigenvalue weighted by atomic mass is 19.1. The van der Waals surface area contributed by atoms with Crippen LogP contribution in [0.5, 0.6) is 0 Å². The fraction of sp³-hybridized carbons (Fsp3) is 0.545. The van der Waals surface area contributed by atoms with Gasteiger partial charge in [-0.1, -0.05) is 0 Å². The number of ether oxygens (including phenoxy) is 1. The highest BCUT2D eigenvalue weighted by Gasteiger charge is 2.34. The lowest BCUT2D eigenvalue weighted by Gasteiger charge is -2.40. The molecule has 12 nitrogen and oxygen atoms in total. The smallest absolute Gasteiger partial charge is 0.263 e. The summed E-state index contributed by atoms with van der Waals surface area (Å²) in [6.45, 7) is 3.21. The molecule has 36 heavy (non-hydrogen) atoms. The molecule has 0 spiro atoms. The molecular formula is C22H29F2N9O3. The van der Waals surface area contributed by atoms with Gasteiger partial charge in [-0.2, -0.15) is 5.10 Å². The van der Waals surface area contributed by atoms with Gasteiger partial charge in [-0.15, -0.1) is 0 Å². The van der Waals surface area contributed by atoms with E-state index in [2.05, 4.69) is 20.7 Å². The van der Waals surface area contributed by atoms with E-state index >= 15 is 0 Å². The molecule has 3 aliphatic heterocycles. The number of carbonyl (C=O) groups excluding carboxylic acids is 2. The molecule has 2 fully saturated rings. The van der Waals surface area contributed by atoms with Gasteiger partial charge in [0.05, 0.1) is 37.8 Å². The Morgan fingerprint density at radius 2 is 2.00 bits per heavy atom. The van der Waals surface area contributed by atoms with E-state index in [1.165, 1.54) is 10.9 Å². The van der Waals surface area contributed by atoms with Crippen molar-refractivity contribution in [2.75, 3.05) is 80.8 Å². The molecule has 0 aliphatic carbocycles. The van der Waals surface area contributed by atoms with Gasteiger partial charge in [0.25, 0.3) is 5.91 Å². The van der Waals surface area contributed by atoms with Gasteiger partial charge in [0, 0.05) is 39.3 Å². The number of likely N-dealkylation sites (N-methyl/N-ethyl adjacent to an activating group) is 1. The van der Waals surface area contributed by atoms with E-state index in [0.717, 1.165) is 6.20 Å². The van der Waals surface area contributed by atoms with Crippen LogP contribution in [0.25, 0.3) is 0 Å². The number of morpholine rings is 1. The molecule has 0 bridgehead atoms. The second-order valence-electron chi connectivity index (χ2n) is 9.12. The average molecular weight is 506 g/mol. The number of nitrogens with zero attached hydrogens (tertiary/aromatic N) is 6. The second kappa shape index (κ2) is 9.85. The number of rotatable bonds is 4. The lowest BCUT2D eigenvalue weighted by Crippen LogP contribution is -2.57. The summed E-state index contributed by atoms with van der Waals surface area (Å²) in [5.74, 6) is -0.963. The summed E-state index contributed by atoms with van der Waals surface area (Å²) in [4.78, 5) is 35.5. The topological polar surface area (TPSA) is 134 Å².